The molecular weight excluding hydrogens is 572 g/mol. The average Bonchev–Trinajstić information content (AvgIpc) is 3.06. The first kappa shape index (κ1) is 42.3. The summed E-state index contributed by atoms with van der Waals surface area (Å²) in [6.45, 7) is 3.74. The molecule has 0 heterocycles. The Labute approximate surface area is 280 Å². The van der Waals surface area contributed by atoms with Gasteiger partial charge in [0.05, 0.1) is 6.61 Å². The van der Waals surface area contributed by atoms with Crippen molar-refractivity contribution in [1.29, 1.82) is 0 Å². The summed E-state index contributed by atoms with van der Waals surface area (Å²) in [5.74, 6) is -0.753. The van der Waals surface area contributed by atoms with E-state index < -0.39 is 12.1 Å². The summed E-state index contributed by atoms with van der Waals surface area (Å²) in [5.41, 5.74) is 0. The second kappa shape index (κ2) is 35.8. The van der Waals surface area contributed by atoms with E-state index in [1.165, 1.54) is 0 Å². The summed E-state index contributed by atoms with van der Waals surface area (Å²) in [7, 11) is 0. The smallest absolute Gasteiger partial charge is 0.306 e. The fourth-order valence-electron chi connectivity index (χ4n) is 3.82. The van der Waals surface area contributed by atoms with Gasteiger partial charge in [-0.1, -0.05) is 142 Å². The summed E-state index contributed by atoms with van der Waals surface area (Å²) in [6, 6.07) is 0. The van der Waals surface area contributed by atoms with E-state index in [4.69, 9.17) is 9.47 Å². The molecule has 0 saturated carbocycles. The van der Waals surface area contributed by atoms with Crippen molar-refractivity contribution in [1.82, 2.24) is 0 Å². The molecule has 1 unspecified atom stereocenters. The van der Waals surface area contributed by atoms with Gasteiger partial charge in [-0.05, 0) is 70.6 Å². The number of aliphatic hydroxyl groups is 1. The summed E-state index contributed by atoms with van der Waals surface area (Å²) in [5, 5.41) is 9.50. The van der Waals surface area contributed by atoms with Crippen LogP contribution in [0.5, 0.6) is 0 Å². The highest BCUT2D eigenvalue weighted by Crippen LogP contribution is 2.07. The van der Waals surface area contributed by atoms with E-state index in [1.54, 1.807) is 0 Å². The van der Waals surface area contributed by atoms with E-state index in [1.807, 2.05) is 48.6 Å². The van der Waals surface area contributed by atoms with Crippen LogP contribution < -0.4 is 0 Å². The number of unbranched alkanes of at least 4 members (excludes halogenated alkanes) is 3. The Morgan fingerprint density at radius 2 is 1.02 bits per heavy atom. The molecule has 1 N–H and O–H groups in total. The zero-order valence-corrected chi connectivity index (χ0v) is 28.5. The second-order valence-electron chi connectivity index (χ2n) is 10.6. The molecule has 0 aromatic heterocycles. The van der Waals surface area contributed by atoms with Crippen LogP contribution in [0.2, 0.25) is 0 Å². The van der Waals surface area contributed by atoms with E-state index in [9.17, 15) is 14.7 Å². The average molecular weight is 633 g/mol. The van der Waals surface area contributed by atoms with Gasteiger partial charge in [0, 0.05) is 12.8 Å². The predicted molar refractivity (Wildman–Crippen MR) is 195 cm³/mol. The maximum Gasteiger partial charge on any atom is 0.306 e. The summed E-state index contributed by atoms with van der Waals surface area (Å²) in [6.07, 6.45) is 52.6. The van der Waals surface area contributed by atoms with Crippen LogP contribution in [0.4, 0.5) is 0 Å². The lowest BCUT2D eigenvalue weighted by atomic mass is 10.1. The molecule has 0 aliphatic heterocycles. The standard InChI is InChI=1S/C41H60O5/c1-3-5-7-9-11-13-15-17-18-19-20-21-22-24-26-28-30-32-34-36-41(44)46-39(37-42)38-45-40(43)35-33-31-29-27-25-23-16-14-12-10-8-6-4-2/h5-8,10-14,16-18,20-21,23-26,30,32,39,42H,3-4,9,15,19,22,27-29,31,33-38H2,1-2H3/b7-5+,8-6+,12-10+,13-11+,16-14+,18-17+,21-20+,25-23+,26-24+,32-30+. The third-order valence-corrected chi connectivity index (χ3v) is 6.36. The molecule has 254 valence electrons. The van der Waals surface area contributed by atoms with Crippen LogP contribution in [0.15, 0.2) is 122 Å². The van der Waals surface area contributed by atoms with E-state index in [0.717, 1.165) is 70.6 Å². The molecule has 0 rings (SSSR count). The van der Waals surface area contributed by atoms with Crippen molar-refractivity contribution >= 4 is 11.9 Å². The number of esters is 2. The van der Waals surface area contributed by atoms with Crippen LogP contribution in [0.25, 0.3) is 0 Å². The highest BCUT2D eigenvalue weighted by Gasteiger charge is 2.15. The monoisotopic (exact) mass is 632 g/mol. The topological polar surface area (TPSA) is 72.8 Å². The number of rotatable bonds is 28. The number of hydrogen-bond acceptors (Lipinski definition) is 5. The van der Waals surface area contributed by atoms with E-state index in [2.05, 4.69) is 86.8 Å². The zero-order valence-electron chi connectivity index (χ0n) is 28.5. The molecular formula is C41H60O5. The Morgan fingerprint density at radius 1 is 0.522 bits per heavy atom. The molecule has 0 aliphatic rings. The third kappa shape index (κ3) is 33.2. The normalized spacial score (nSPS) is 13.7. The van der Waals surface area contributed by atoms with Crippen molar-refractivity contribution in [3.8, 4) is 0 Å². The highest BCUT2D eigenvalue weighted by atomic mass is 16.6. The number of carbonyl (C=O) groups excluding carboxylic acids is 2. The minimum atomic E-state index is -0.836. The molecule has 0 spiro atoms. The van der Waals surface area contributed by atoms with Gasteiger partial charge in [-0.3, -0.25) is 9.59 Å². The Bertz CT molecular complexity index is 1030. The van der Waals surface area contributed by atoms with E-state index in [-0.39, 0.29) is 25.6 Å². The second-order valence-corrected chi connectivity index (χ2v) is 10.6. The molecule has 0 aromatic carbocycles. The molecule has 0 radical (unpaired) electrons. The number of allylic oxidation sites excluding steroid dienone is 20. The molecule has 0 fully saturated rings. The van der Waals surface area contributed by atoms with Gasteiger partial charge in [0.25, 0.3) is 0 Å². The van der Waals surface area contributed by atoms with Crippen molar-refractivity contribution in [3.63, 3.8) is 0 Å². The molecule has 0 aliphatic carbocycles. The largest absolute Gasteiger partial charge is 0.462 e. The Hall–Kier alpha value is -3.70. The van der Waals surface area contributed by atoms with Crippen molar-refractivity contribution in [3.05, 3.63) is 122 Å². The van der Waals surface area contributed by atoms with Gasteiger partial charge in [0.1, 0.15) is 6.61 Å². The molecule has 5 heteroatoms. The van der Waals surface area contributed by atoms with Gasteiger partial charge in [-0.15, -0.1) is 0 Å². The number of carbonyl (C=O) groups is 2. The molecule has 1 atom stereocenters. The maximum absolute atomic E-state index is 12.1. The van der Waals surface area contributed by atoms with Crippen LogP contribution in [0, 0.1) is 0 Å². The van der Waals surface area contributed by atoms with Crippen LogP contribution in [-0.4, -0.2) is 36.4 Å². The number of aliphatic hydroxyl groups excluding tert-OH is 1. The summed E-state index contributed by atoms with van der Waals surface area (Å²) >= 11 is 0. The summed E-state index contributed by atoms with van der Waals surface area (Å²) < 4.78 is 10.5. The predicted octanol–water partition coefficient (Wildman–Crippen LogP) is 10.5. The quantitative estimate of drug-likeness (QED) is 0.0402. The highest BCUT2D eigenvalue weighted by molar-refractivity contribution is 5.70. The van der Waals surface area contributed by atoms with Crippen LogP contribution in [-0.2, 0) is 19.1 Å². The van der Waals surface area contributed by atoms with Crippen LogP contribution in [0.1, 0.15) is 104 Å². The lowest BCUT2D eigenvalue weighted by Gasteiger charge is -2.15. The molecule has 0 aromatic rings. The molecule has 0 bridgehead atoms. The fourth-order valence-corrected chi connectivity index (χ4v) is 3.82. The van der Waals surface area contributed by atoms with Crippen molar-refractivity contribution in [2.24, 2.45) is 0 Å². The van der Waals surface area contributed by atoms with Gasteiger partial charge < -0.3 is 14.6 Å². The van der Waals surface area contributed by atoms with Crippen molar-refractivity contribution in [2.75, 3.05) is 13.2 Å². The minimum Gasteiger partial charge on any atom is -0.462 e. The first-order chi connectivity index (χ1) is 22.6. The first-order valence-electron chi connectivity index (χ1n) is 17.1. The van der Waals surface area contributed by atoms with E-state index in [0.29, 0.717) is 12.8 Å². The zero-order chi connectivity index (χ0) is 33.6. The SMILES string of the molecule is CC/C=C/C=C/C=C/C=C/CCCCCC(=O)OCC(CO)OC(=O)CC/C=C/C/C=C/C/C=C/C/C=C/C/C=C/C/C=C/CC. The Morgan fingerprint density at radius 3 is 1.57 bits per heavy atom. The number of ether oxygens (including phenoxy) is 2. The first-order valence-corrected chi connectivity index (χ1v) is 17.1. The lowest BCUT2D eigenvalue weighted by Crippen LogP contribution is -2.28. The van der Waals surface area contributed by atoms with Gasteiger partial charge in [-0.25, -0.2) is 0 Å². The van der Waals surface area contributed by atoms with Gasteiger partial charge in [0.15, 0.2) is 6.10 Å². The van der Waals surface area contributed by atoms with E-state index >= 15 is 0 Å². The number of hydrogen-bond donors (Lipinski definition) is 1. The summed E-state index contributed by atoms with van der Waals surface area (Å²) in [4.78, 5) is 24.1. The molecule has 0 saturated heterocycles. The van der Waals surface area contributed by atoms with Crippen LogP contribution in [0.3, 0.4) is 0 Å². The van der Waals surface area contributed by atoms with Gasteiger partial charge >= 0.3 is 11.9 Å². The maximum atomic E-state index is 12.1. The molecule has 5 nitrogen and oxygen atoms in total. The van der Waals surface area contributed by atoms with Crippen LogP contribution >= 0.6 is 0 Å². The minimum absolute atomic E-state index is 0.126. The fraction of sp³-hybridized carbons (Fsp3) is 0.463. The molecule has 0 amide bonds. The van der Waals surface area contributed by atoms with Gasteiger partial charge in [-0.2, -0.15) is 0 Å². The third-order valence-electron chi connectivity index (χ3n) is 6.36. The van der Waals surface area contributed by atoms with Crippen molar-refractivity contribution < 1.29 is 24.2 Å². The molecule has 46 heavy (non-hydrogen) atoms. The van der Waals surface area contributed by atoms with Gasteiger partial charge in [0.2, 0.25) is 0 Å². The lowest BCUT2D eigenvalue weighted by molar-refractivity contribution is -0.161. The Kier molecular flexibility index (Phi) is 32.9. The van der Waals surface area contributed by atoms with Crippen molar-refractivity contribution in [2.45, 2.75) is 110 Å². The Balaban J connectivity index is 3.85.